The highest BCUT2D eigenvalue weighted by molar-refractivity contribution is 6.14. The van der Waals surface area contributed by atoms with E-state index in [0.717, 1.165) is 0 Å². The Morgan fingerprint density at radius 3 is 2.65 bits per heavy atom. The van der Waals surface area contributed by atoms with Crippen molar-refractivity contribution >= 4 is 17.7 Å². The van der Waals surface area contributed by atoms with Gasteiger partial charge in [0.1, 0.15) is 0 Å². The predicted molar refractivity (Wildman–Crippen MR) is 66.1 cm³/mol. The van der Waals surface area contributed by atoms with Crippen LogP contribution in [0.25, 0.3) is 0 Å². The topological polar surface area (TPSA) is 56.1 Å². The summed E-state index contributed by atoms with van der Waals surface area (Å²) in [5.41, 5.74) is 2.99. The zero-order chi connectivity index (χ0) is 13.1. The Hall–Kier alpha value is -1.57. The molecule has 0 bridgehead atoms. The number of halogens is 1. The fourth-order valence-electron chi connectivity index (χ4n) is 1.05. The minimum atomic E-state index is -0.385. The molecule has 17 heavy (non-hydrogen) atoms. The molecule has 0 heterocycles. The van der Waals surface area contributed by atoms with Crippen molar-refractivity contribution in [3.8, 4) is 6.07 Å². The number of hydrazine groups is 1. The Labute approximate surface area is 106 Å². The van der Waals surface area contributed by atoms with Gasteiger partial charge in [-0.15, -0.1) is 4.53 Å². The monoisotopic (exact) mass is 251 g/mol. The molecule has 0 aliphatic heterocycles. The first-order valence-corrected chi connectivity index (χ1v) is 5.45. The summed E-state index contributed by atoms with van der Waals surface area (Å²) in [4.78, 5) is 11.8. The first kappa shape index (κ1) is 13.5. The van der Waals surface area contributed by atoms with Crippen LogP contribution in [-0.2, 0) is 0 Å². The molecule has 0 saturated heterocycles. The van der Waals surface area contributed by atoms with Crippen LogP contribution in [-0.4, -0.2) is 16.0 Å². The average Bonchev–Trinajstić information content (AvgIpc) is 2.27. The molecule has 0 saturated carbocycles. The molecular weight excluding hydrogens is 238 g/mol. The molecule has 0 spiro atoms. The Morgan fingerprint density at radius 2 is 2.12 bits per heavy atom. The van der Waals surface area contributed by atoms with Gasteiger partial charge >= 0.3 is 0 Å². The summed E-state index contributed by atoms with van der Waals surface area (Å²) in [6, 6.07) is 8.42. The molecule has 5 heteroatoms. The van der Waals surface area contributed by atoms with Crippen LogP contribution in [0.5, 0.6) is 0 Å². The van der Waals surface area contributed by atoms with Gasteiger partial charge in [0.15, 0.2) is 0 Å². The summed E-state index contributed by atoms with van der Waals surface area (Å²) < 4.78 is 1.22. The molecule has 0 atom stereocenters. The predicted octanol–water partition coefficient (Wildman–Crippen LogP) is 2.46. The lowest BCUT2D eigenvalue weighted by molar-refractivity contribution is 0.0806. The van der Waals surface area contributed by atoms with E-state index >= 15 is 0 Å². The van der Waals surface area contributed by atoms with Crippen molar-refractivity contribution in [1.82, 2.24) is 9.95 Å². The number of carbonyl (C=O) groups is 1. The first-order valence-electron chi connectivity index (χ1n) is 5.12. The number of nitrogens with one attached hydrogen (secondary N) is 1. The van der Waals surface area contributed by atoms with Gasteiger partial charge in [0.2, 0.25) is 0 Å². The van der Waals surface area contributed by atoms with E-state index in [2.05, 4.69) is 5.43 Å². The Kier molecular flexibility index (Phi) is 4.11. The maximum absolute atomic E-state index is 11.8. The molecule has 1 amide bonds. The smallest absolute Gasteiger partial charge is 0.266 e. The Bertz CT molecular complexity index is 460. The SMILES string of the molecule is CC(C)(C)N(Cl)NC(=O)c1cccc(C#N)c1. The molecule has 0 aliphatic carbocycles. The maximum Gasteiger partial charge on any atom is 0.266 e. The Balaban J connectivity index is 2.81. The summed E-state index contributed by atoms with van der Waals surface area (Å²) in [6.07, 6.45) is 0. The first-order chi connectivity index (χ1) is 7.84. The van der Waals surface area contributed by atoms with Crippen LogP contribution in [0.1, 0.15) is 36.7 Å². The second-order valence-electron chi connectivity index (χ2n) is 4.59. The summed E-state index contributed by atoms with van der Waals surface area (Å²) >= 11 is 5.91. The number of nitrogens with zero attached hydrogens (tertiary/aromatic N) is 2. The molecule has 1 rings (SSSR count). The van der Waals surface area contributed by atoms with Crippen LogP contribution in [0.4, 0.5) is 0 Å². The number of hydrogen-bond acceptors (Lipinski definition) is 3. The molecule has 1 N–H and O–H groups in total. The van der Waals surface area contributed by atoms with E-state index in [4.69, 9.17) is 17.0 Å². The quantitative estimate of drug-likeness (QED) is 0.649. The normalized spacial score (nSPS) is 11.1. The minimum absolute atomic E-state index is 0.341. The molecule has 0 unspecified atom stereocenters. The number of nitriles is 1. The molecular formula is C12H14ClN3O. The standard InChI is InChI=1S/C12H14ClN3O/c1-12(2,3)16(13)15-11(17)10-6-4-5-9(7-10)8-14/h4-7H,1-3H3,(H,15,17). The third kappa shape index (κ3) is 3.74. The van der Waals surface area contributed by atoms with Gasteiger partial charge in [-0.1, -0.05) is 6.07 Å². The number of carbonyl (C=O) groups excluding carboxylic acids is 1. The van der Waals surface area contributed by atoms with Gasteiger partial charge in [0.25, 0.3) is 5.91 Å². The highest BCUT2D eigenvalue weighted by Crippen LogP contribution is 2.13. The van der Waals surface area contributed by atoms with Crippen molar-refractivity contribution in [1.29, 1.82) is 5.26 Å². The number of rotatable bonds is 2. The third-order valence-electron chi connectivity index (χ3n) is 2.04. The van der Waals surface area contributed by atoms with Gasteiger partial charge in [0, 0.05) is 22.9 Å². The van der Waals surface area contributed by atoms with E-state index in [1.165, 1.54) is 10.6 Å². The van der Waals surface area contributed by atoms with Crippen molar-refractivity contribution in [3.05, 3.63) is 35.4 Å². The molecule has 0 aromatic heterocycles. The largest absolute Gasteiger partial charge is 0.270 e. The lowest BCUT2D eigenvalue weighted by Crippen LogP contribution is -2.46. The van der Waals surface area contributed by atoms with Crippen molar-refractivity contribution in [2.75, 3.05) is 0 Å². The average molecular weight is 252 g/mol. The second-order valence-corrected chi connectivity index (χ2v) is 4.92. The third-order valence-corrected chi connectivity index (χ3v) is 2.63. The highest BCUT2D eigenvalue weighted by Gasteiger charge is 2.21. The van der Waals surface area contributed by atoms with E-state index in [1.807, 2.05) is 26.8 Å². The fourth-order valence-corrected chi connectivity index (χ4v) is 1.13. The van der Waals surface area contributed by atoms with Crippen LogP contribution < -0.4 is 5.43 Å². The van der Waals surface area contributed by atoms with Crippen LogP contribution in [0, 0.1) is 11.3 Å². The van der Waals surface area contributed by atoms with Gasteiger partial charge in [0.05, 0.1) is 11.6 Å². The van der Waals surface area contributed by atoms with Crippen LogP contribution in [0.15, 0.2) is 24.3 Å². The molecule has 1 aromatic rings. The Morgan fingerprint density at radius 1 is 1.47 bits per heavy atom. The number of hydrogen-bond donors (Lipinski definition) is 1. The van der Waals surface area contributed by atoms with E-state index in [0.29, 0.717) is 11.1 Å². The van der Waals surface area contributed by atoms with E-state index in [9.17, 15) is 4.79 Å². The van der Waals surface area contributed by atoms with Crippen LogP contribution >= 0.6 is 11.8 Å². The van der Waals surface area contributed by atoms with E-state index in [1.54, 1.807) is 18.2 Å². The molecule has 0 fully saturated rings. The van der Waals surface area contributed by atoms with Gasteiger partial charge < -0.3 is 0 Å². The number of amides is 1. The summed E-state index contributed by atoms with van der Waals surface area (Å²) in [7, 11) is 0. The zero-order valence-electron chi connectivity index (χ0n) is 9.99. The minimum Gasteiger partial charge on any atom is -0.270 e. The van der Waals surface area contributed by atoms with Crippen molar-refractivity contribution in [2.24, 2.45) is 0 Å². The van der Waals surface area contributed by atoms with Gasteiger partial charge in [-0.25, -0.2) is 0 Å². The van der Waals surface area contributed by atoms with Crippen molar-refractivity contribution < 1.29 is 4.79 Å². The summed E-state index contributed by atoms with van der Waals surface area (Å²) in [5, 5.41) is 8.74. The molecule has 90 valence electrons. The highest BCUT2D eigenvalue weighted by atomic mass is 35.5. The van der Waals surface area contributed by atoms with Gasteiger partial charge in [-0.3, -0.25) is 10.2 Å². The van der Waals surface area contributed by atoms with E-state index < -0.39 is 0 Å². The lowest BCUT2D eigenvalue weighted by Gasteiger charge is -2.28. The zero-order valence-corrected chi connectivity index (χ0v) is 10.7. The summed E-state index contributed by atoms with van der Waals surface area (Å²) in [5.74, 6) is -0.341. The molecule has 1 aromatic carbocycles. The number of benzene rings is 1. The molecule has 0 aliphatic rings. The van der Waals surface area contributed by atoms with E-state index in [-0.39, 0.29) is 11.4 Å². The second kappa shape index (κ2) is 5.17. The molecule has 0 radical (unpaired) electrons. The molecule has 4 nitrogen and oxygen atoms in total. The van der Waals surface area contributed by atoms with Crippen LogP contribution in [0.3, 0.4) is 0 Å². The van der Waals surface area contributed by atoms with Crippen LogP contribution in [0.2, 0.25) is 0 Å². The van der Waals surface area contributed by atoms with Gasteiger partial charge in [-0.05, 0) is 39.0 Å². The lowest BCUT2D eigenvalue weighted by atomic mass is 10.1. The fraction of sp³-hybridized carbons (Fsp3) is 0.333. The maximum atomic E-state index is 11.8. The van der Waals surface area contributed by atoms with Gasteiger partial charge in [-0.2, -0.15) is 5.26 Å². The summed E-state index contributed by atoms with van der Waals surface area (Å²) in [6.45, 7) is 5.60. The van der Waals surface area contributed by atoms with Crippen molar-refractivity contribution in [3.63, 3.8) is 0 Å². The van der Waals surface area contributed by atoms with Crippen molar-refractivity contribution in [2.45, 2.75) is 26.3 Å².